The lowest BCUT2D eigenvalue weighted by Gasteiger charge is -2.07. The minimum Gasteiger partial charge on any atom is -0.454 e. The topological polar surface area (TPSA) is 93.3 Å². The number of nitrogens with zero attached hydrogens (tertiary/aromatic N) is 1. The van der Waals surface area contributed by atoms with E-state index in [-0.39, 0.29) is 19.0 Å². The summed E-state index contributed by atoms with van der Waals surface area (Å²) in [4.78, 5) is 30.5. The summed E-state index contributed by atoms with van der Waals surface area (Å²) in [5.74, 6) is 0.934. The number of aromatic amines is 1. The maximum atomic E-state index is 12.4. The number of carbonyl (C=O) groups is 1. The summed E-state index contributed by atoms with van der Waals surface area (Å²) in [5, 5.41) is 3.37. The molecule has 1 aromatic heterocycles. The Morgan fingerprint density at radius 1 is 1.17 bits per heavy atom. The zero-order chi connectivity index (χ0) is 16.5. The van der Waals surface area contributed by atoms with Crippen molar-refractivity contribution in [2.75, 3.05) is 6.79 Å². The average molecular weight is 323 g/mol. The number of fused-ring (bicyclic) bond motifs is 2. The number of nitrogens with one attached hydrogen (secondary N) is 2. The molecule has 0 fully saturated rings. The highest BCUT2D eigenvalue weighted by molar-refractivity contribution is 6.04. The van der Waals surface area contributed by atoms with E-state index in [2.05, 4.69) is 15.3 Å². The molecule has 2 aromatic carbocycles. The third-order valence-electron chi connectivity index (χ3n) is 3.74. The third kappa shape index (κ3) is 2.56. The normalized spacial score (nSPS) is 12.3. The minimum absolute atomic E-state index is 0.107. The quantitative estimate of drug-likeness (QED) is 0.763. The standard InChI is InChI=1S/C17H13N3O4/c21-16(15-11-3-1-2-4-12(11)19-17(22)20-15)18-8-10-5-6-13-14(7-10)24-9-23-13/h1-7H,8-9H2,(H,18,21)(H,19,20,22). The number of amides is 1. The number of aromatic nitrogens is 2. The first-order chi connectivity index (χ1) is 11.7. The second kappa shape index (κ2) is 5.69. The van der Waals surface area contributed by atoms with Crippen molar-refractivity contribution in [3.63, 3.8) is 0 Å². The molecular formula is C17H13N3O4. The van der Waals surface area contributed by atoms with Crippen LogP contribution < -0.4 is 20.5 Å². The molecule has 0 saturated heterocycles. The van der Waals surface area contributed by atoms with Gasteiger partial charge in [-0.2, -0.15) is 4.98 Å². The van der Waals surface area contributed by atoms with Gasteiger partial charge in [0.15, 0.2) is 11.5 Å². The van der Waals surface area contributed by atoms with E-state index in [1.54, 1.807) is 30.3 Å². The van der Waals surface area contributed by atoms with Gasteiger partial charge in [0, 0.05) is 11.9 Å². The SMILES string of the molecule is O=C(NCc1ccc2c(c1)OCO2)c1nc(=O)[nH]c2ccccc12. The first kappa shape index (κ1) is 14.3. The van der Waals surface area contributed by atoms with Crippen molar-refractivity contribution in [1.82, 2.24) is 15.3 Å². The number of para-hydroxylation sites is 1. The molecule has 24 heavy (non-hydrogen) atoms. The Labute approximate surface area is 136 Å². The second-order valence-corrected chi connectivity index (χ2v) is 5.31. The molecule has 1 amide bonds. The molecule has 7 heteroatoms. The monoisotopic (exact) mass is 323 g/mol. The predicted octanol–water partition coefficient (Wildman–Crippen LogP) is 1.58. The molecule has 0 radical (unpaired) electrons. The van der Waals surface area contributed by atoms with Crippen LogP contribution in [0.4, 0.5) is 0 Å². The molecule has 1 aliphatic rings. The summed E-state index contributed by atoms with van der Waals surface area (Å²) in [5.41, 5.74) is 0.990. The van der Waals surface area contributed by atoms with Crippen LogP contribution in [-0.4, -0.2) is 22.7 Å². The van der Waals surface area contributed by atoms with Crippen LogP contribution in [-0.2, 0) is 6.54 Å². The molecule has 0 aliphatic carbocycles. The lowest BCUT2D eigenvalue weighted by Crippen LogP contribution is -2.27. The number of H-pyrrole nitrogens is 1. The molecule has 3 aromatic rings. The highest BCUT2D eigenvalue weighted by Gasteiger charge is 2.15. The lowest BCUT2D eigenvalue weighted by molar-refractivity contribution is 0.0947. The summed E-state index contributed by atoms with van der Waals surface area (Å²) < 4.78 is 10.6. The highest BCUT2D eigenvalue weighted by Crippen LogP contribution is 2.32. The van der Waals surface area contributed by atoms with Gasteiger partial charge in [-0.05, 0) is 23.8 Å². The Morgan fingerprint density at radius 3 is 2.92 bits per heavy atom. The van der Waals surface area contributed by atoms with Crippen molar-refractivity contribution in [2.45, 2.75) is 6.54 Å². The Bertz CT molecular complexity index is 997. The fourth-order valence-electron chi connectivity index (χ4n) is 2.59. The van der Waals surface area contributed by atoms with Gasteiger partial charge >= 0.3 is 5.69 Å². The van der Waals surface area contributed by atoms with Crippen LogP contribution in [0.25, 0.3) is 10.9 Å². The van der Waals surface area contributed by atoms with Crippen molar-refractivity contribution in [2.24, 2.45) is 0 Å². The van der Waals surface area contributed by atoms with E-state index in [0.717, 1.165) is 5.56 Å². The molecular weight excluding hydrogens is 310 g/mol. The van der Waals surface area contributed by atoms with Gasteiger partial charge in [-0.15, -0.1) is 0 Å². The van der Waals surface area contributed by atoms with Crippen LogP contribution >= 0.6 is 0 Å². The summed E-state index contributed by atoms with van der Waals surface area (Å²) in [6, 6.07) is 12.5. The van der Waals surface area contributed by atoms with E-state index in [0.29, 0.717) is 22.4 Å². The van der Waals surface area contributed by atoms with Gasteiger partial charge in [0.1, 0.15) is 5.69 Å². The van der Waals surface area contributed by atoms with Crippen molar-refractivity contribution in [3.05, 3.63) is 64.2 Å². The number of rotatable bonds is 3. The molecule has 0 bridgehead atoms. The third-order valence-corrected chi connectivity index (χ3v) is 3.74. The molecule has 120 valence electrons. The van der Waals surface area contributed by atoms with Crippen molar-refractivity contribution < 1.29 is 14.3 Å². The van der Waals surface area contributed by atoms with Gasteiger partial charge in [0.05, 0.1) is 5.52 Å². The van der Waals surface area contributed by atoms with Crippen molar-refractivity contribution >= 4 is 16.8 Å². The zero-order valence-electron chi connectivity index (χ0n) is 12.5. The molecule has 2 heterocycles. The fraction of sp³-hybridized carbons (Fsp3) is 0.118. The number of hydrogen-bond donors (Lipinski definition) is 2. The van der Waals surface area contributed by atoms with Crippen molar-refractivity contribution in [3.8, 4) is 11.5 Å². The Hall–Kier alpha value is -3.35. The van der Waals surface area contributed by atoms with Crippen molar-refractivity contribution in [1.29, 1.82) is 0 Å². The van der Waals surface area contributed by atoms with Gasteiger partial charge in [0.25, 0.3) is 5.91 Å². The molecule has 0 atom stereocenters. The minimum atomic E-state index is -0.554. The molecule has 2 N–H and O–H groups in total. The average Bonchev–Trinajstić information content (AvgIpc) is 3.06. The van der Waals surface area contributed by atoms with E-state index in [1.807, 2.05) is 12.1 Å². The second-order valence-electron chi connectivity index (χ2n) is 5.31. The van der Waals surface area contributed by atoms with Gasteiger partial charge < -0.3 is 19.8 Å². The van der Waals surface area contributed by atoms with Crippen LogP contribution in [0.3, 0.4) is 0 Å². The molecule has 0 unspecified atom stereocenters. The van der Waals surface area contributed by atoms with Gasteiger partial charge in [-0.3, -0.25) is 4.79 Å². The van der Waals surface area contributed by atoms with Crippen LogP contribution in [0, 0.1) is 0 Å². The number of benzene rings is 2. The van der Waals surface area contributed by atoms with E-state index in [9.17, 15) is 9.59 Å². The first-order valence-electron chi connectivity index (χ1n) is 7.36. The van der Waals surface area contributed by atoms with Crippen LogP contribution in [0.2, 0.25) is 0 Å². The Balaban J connectivity index is 1.58. The molecule has 4 rings (SSSR count). The van der Waals surface area contributed by atoms with E-state index >= 15 is 0 Å². The van der Waals surface area contributed by atoms with Crippen LogP contribution in [0.15, 0.2) is 47.3 Å². The van der Waals surface area contributed by atoms with Gasteiger partial charge in [-0.1, -0.05) is 24.3 Å². The highest BCUT2D eigenvalue weighted by atomic mass is 16.7. The molecule has 0 saturated carbocycles. The molecule has 1 aliphatic heterocycles. The Kier molecular flexibility index (Phi) is 3.38. The van der Waals surface area contributed by atoms with E-state index < -0.39 is 11.6 Å². The first-order valence-corrected chi connectivity index (χ1v) is 7.36. The van der Waals surface area contributed by atoms with E-state index in [1.165, 1.54) is 0 Å². The number of hydrogen-bond acceptors (Lipinski definition) is 5. The fourth-order valence-corrected chi connectivity index (χ4v) is 2.59. The Morgan fingerprint density at radius 2 is 2.00 bits per heavy atom. The van der Waals surface area contributed by atoms with Gasteiger partial charge in [0.2, 0.25) is 6.79 Å². The molecule has 7 nitrogen and oxygen atoms in total. The number of ether oxygens (including phenoxy) is 2. The maximum absolute atomic E-state index is 12.4. The summed E-state index contributed by atoms with van der Waals surface area (Å²) in [6.45, 7) is 0.492. The smallest absolute Gasteiger partial charge is 0.346 e. The summed E-state index contributed by atoms with van der Waals surface area (Å²) in [6.07, 6.45) is 0. The van der Waals surface area contributed by atoms with Gasteiger partial charge in [-0.25, -0.2) is 4.79 Å². The lowest BCUT2D eigenvalue weighted by atomic mass is 10.1. The zero-order valence-corrected chi connectivity index (χ0v) is 12.5. The largest absolute Gasteiger partial charge is 0.454 e. The van der Waals surface area contributed by atoms with Crippen LogP contribution in [0.1, 0.15) is 16.1 Å². The van der Waals surface area contributed by atoms with Crippen LogP contribution in [0.5, 0.6) is 11.5 Å². The predicted molar refractivity (Wildman–Crippen MR) is 86.1 cm³/mol. The summed E-state index contributed by atoms with van der Waals surface area (Å²) >= 11 is 0. The number of carbonyl (C=O) groups excluding carboxylic acids is 1. The molecule has 0 spiro atoms. The summed E-state index contributed by atoms with van der Waals surface area (Å²) in [7, 11) is 0. The van der Waals surface area contributed by atoms with E-state index in [4.69, 9.17) is 9.47 Å². The maximum Gasteiger partial charge on any atom is 0.346 e.